The van der Waals surface area contributed by atoms with Crippen LogP contribution < -0.4 is 10.2 Å². The van der Waals surface area contributed by atoms with Gasteiger partial charge in [-0.25, -0.2) is 0 Å². The SMILES string of the molecule is CCCCCCCCCCCCC/C=C/[C@@H](O)[C@H](COP(=O)([O-])OCC[N+](C)(C)C)NC(=O)CCC/C=C\C/C=C\C/C=C\C=C\[C@@H](O)CCCCC. The van der Waals surface area contributed by atoms with E-state index in [-0.39, 0.29) is 25.0 Å². The molecule has 9 nitrogen and oxygen atoms in total. The number of allylic oxidation sites excluding steroid dienone is 8. The molecule has 308 valence electrons. The molecule has 0 aliphatic heterocycles. The van der Waals surface area contributed by atoms with Crippen LogP contribution in [0.15, 0.2) is 60.8 Å². The fourth-order valence-electron chi connectivity index (χ4n) is 5.43. The predicted octanol–water partition coefficient (Wildman–Crippen LogP) is 9.41. The molecule has 0 bridgehead atoms. The van der Waals surface area contributed by atoms with Crippen LogP contribution in [0, 0.1) is 0 Å². The normalized spacial score (nSPS) is 15.7. The Kier molecular flexibility index (Phi) is 33.4. The zero-order chi connectivity index (χ0) is 39.5. The maximum absolute atomic E-state index is 12.8. The summed E-state index contributed by atoms with van der Waals surface area (Å²) < 4.78 is 23.1. The molecule has 0 saturated carbocycles. The molecule has 3 N–H and O–H groups in total. The lowest BCUT2D eigenvalue weighted by atomic mass is 10.0. The van der Waals surface area contributed by atoms with Crippen molar-refractivity contribution in [3.05, 3.63) is 60.8 Å². The fourth-order valence-corrected chi connectivity index (χ4v) is 6.15. The number of likely N-dealkylation sites (N-methyl/N-ethyl adjacent to an activating group) is 1. The summed E-state index contributed by atoms with van der Waals surface area (Å²) in [6.45, 7) is 4.44. The second-order valence-corrected chi connectivity index (χ2v) is 16.6. The van der Waals surface area contributed by atoms with Crippen LogP contribution in [0.1, 0.15) is 149 Å². The Balaban J connectivity index is 4.65. The molecule has 53 heavy (non-hydrogen) atoms. The summed E-state index contributed by atoms with van der Waals surface area (Å²) in [5, 5.41) is 23.6. The number of nitrogens with zero attached hydrogens (tertiary/aromatic N) is 1. The van der Waals surface area contributed by atoms with Gasteiger partial charge in [-0.2, -0.15) is 0 Å². The van der Waals surface area contributed by atoms with Crippen LogP contribution in [0.2, 0.25) is 0 Å². The maximum atomic E-state index is 12.8. The summed E-state index contributed by atoms with van der Waals surface area (Å²) in [5.74, 6) is -0.272. The van der Waals surface area contributed by atoms with E-state index in [1.165, 1.54) is 57.8 Å². The summed E-state index contributed by atoms with van der Waals surface area (Å²) in [6, 6.07) is -0.929. The van der Waals surface area contributed by atoms with Crippen molar-refractivity contribution in [3.8, 4) is 0 Å². The van der Waals surface area contributed by atoms with E-state index in [1.807, 2.05) is 57.6 Å². The Bertz CT molecular complexity index is 1070. The highest BCUT2D eigenvalue weighted by molar-refractivity contribution is 7.45. The Morgan fingerprint density at radius 1 is 0.717 bits per heavy atom. The first kappa shape index (κ1) is 51.2. The van der Waals surface area contributed by atoms with Gasteiger partial charge in [0.05, 0.1) is 46.0 Å². The van der Waals surface area contributed by atoms with Crippen molar-refractivity contribution in [2.24, 2.45) is 0 Å². The molecule has 0 heterocycles. The molecular formula is C43H79N2O7P. The molecule has 0 fully saturated rings. The smallest absolute Gasteiger partial charge is 0.268 e. The summed E-state index contributed by atoms with van der Waals surface area (Å²) in [5.41, 5.74) is 0. The van der Waals surface area contributed by atoms with E-state index in [0.717, 1.165) is 64.2 Å². The van der Waals surface area contributed by atoms with E-state index in [9.17, 15) is 24.5 Å². The monoisotopic (exact) mass is 767 g/mol. The molecule has 0 radical (unpaired) electrons. The lowest BCUT2D eigenvalue weighted by molar-refractivity contribution is -0.870. The number of phosphoric ester groups is 1. The van der Waals surface area contributed by atoms with Gasteiger partial charge in [0.1, 0.15) is 13.2 Å². The molecular weight excluding hydrogens is 687 g/mol. The first-order valence-electron chi connectivity index (χ1n) is 20.8. The van der Waals surface area contributed by atoms with E-state index in [2.05, 4.69) is 37.4 Å². The van der Waals surface area contributed by atoms with Gasteiger partial charge in [-0.15, -0.1) is 0 Å². The standard InChI is InChI=1S/C43H79N2O7P/c1-6-8-10-11-12-13-14-15-18-21-24-27-31-35-42(47)41(39-52-53(49,50)51-38-37-45(3,4)5)44-43(48)36-32-28-25-22-19-16-17-20-23-26-30-34-40(46)33-29-9-7-2/h16-17,22-23,25-26,30-31,34-35,40-42,46-47H,6-15,18-21,24,27-29,32-33,36-39H2,1-5H3,(H-,44,48,49,50)/b17-16-,25-22-,26-23-,34-30+,35-31+/t40-,41-,42+/m0/s1. The molecule has 0 aromatic heterocycles. The molecule has 4 atom stereocenters. The highest BCUT2D eigenvalue weighted by atomic mass is 31.2. The molecule has 1 amide bonds. The van der Waals surface area contributed by atoms with Gasteiger partial charge < -0.3 is 34.0 Å². The second-order valence-electron chi connectivity index (χ2n) is 15.2. The van der Waals surface area contributed by atoms with Gasteiger partial charge in [0.2, 0.25) is 5.91 Å². The molecule has 0 aliphatic rings. The average Bonchev–Trinajstić information content (AvgIpc) is 3.10. The third-order valence-corrected chi connectivity index (χ3v) is 9.79. The number of rotatable bonds is 36. The number of carbonyl (C=O) groups excluding carboxylic acids is 1. The molecule has 0 aliphatic carbocycles. The first-order chi connectivity index (χ1) is 25.4. The topological polar surface area (TPSA) is 128 Å². The number of unbranched alkanes of at least 4 members (excludes halogenated alkanes) is 14. The largest absolute Gasteiger partial charge is 0.756 e. The number of aliphatic hydroxyl groups is 2. The van der Waals surface area contributed by atoms with Crippen LogP contribution in [0.4, 0.5) is 0 Å². The van der Waals surface area contributed by atoms with Crippen molar-refractivity contribution in [3.63, 3.8) is 0 Å². The minimum absolute atomic E-state index is 0.0221. The molecule has 0 saturated heterocycles. The zero-order valence-corrected chi connectivity index (χ0v) is 35.2. The number of phosphoric acid groups is 1. The minimum atomic E-state index is -4.61. The summed E-state index contributed by atoms with van der Waals surface area (Å²) >= 11 is 0. The third-order valence-electron chi connectivity index (χ3n) is 8.83. The third kappa shape index (κ3) is 36.9. The van der Waals surface area contributed by atoms with Crippen molar-refractivity contribution < 1.29 is 38.0 Å². The lowest BCUT2D eigenvalue weighted by Gasteiger charge is -2.29. The quantitative estimate of drug-likeness (QED) is 0.0191. The number of hydrogen-bond acceptors (Lipinski definition) is 7. The molecule has 0 spiro atoms. The van der Waals surface area contributed by atoms with Crippen molar-refractivity contribution in [1.29, 1.82) is 0 Å². The van der Waals surface area contributed by atoms with Gasteiger partial charge >= 0.3 is 0 Å². The molecule has 0 aromatic rings. The number of hydrogen-bond donors (Lipinski definition) is 3. The van der Waals surface area contributed by atoms with Crippen LogP contribution in [0.5, 0.6) is 0 Å². The molecule has 0 rings (SSSR count). The fraction of sp³-hybridized carbons (Fsp3) is 0.744. The number of carbonyl (C=O) groups is 1. The van der Waals surface area contributed by atoms with E-state index < -0.39 is 26.6 Å². The predicted molar refractivity (Wildman–Crippen MR) is 220 cm³/mol. The average molecular weight is 767 g/mol. The summed E-state index contributed by atoms with van der Waals surface area (Å²) in [4.78, 5) is 25.2. The highest BCUT2D eigenvalue weighted by Crippen LogP contribution is 2.38. The first-order valence-corrected chi connectivity index (χ1v) is 22.2. The van der Waals surface area contributed by atoms with Gasteiger partial charge in [-0.1, -0.05) is 158 Å². The van der Waals surface area contributed by atoms with E-state index in [4.69, 9.17) is 9.05 Å². The Labute approximate surface area is 324 Å². The molecule has 0 aromatic carbocycles. The molecule has 10 heteroatoms. The van der Waals surface area contributed by atoms with E-state index in [1.54, 1.807) is 6.08 Å². The maximum Gasteiger partial charge on any atom is 0.268 e. The van der Waals surface area contributed by atoms with Gasteiger partial charge in [0, 0.05) is 6.42 Å². The van der Waals surface area contributed by atoms with Crippen LogP contribution in [-0.2, 0) is 18.4 Å². The number of amides is 1. The minimum Gasteiger partial charge on any atom is -0.756 e. The lowest BCUT2D eigenvalue weighted by Crippen LogP contribution is -2.45. The number of aliphatic hydroxyl groups excluding tert-OH is 2. The van der Waals surface area contributed by atoms with Crippen molar-refractivity contribution in [2.45, 2.75) is 167 Å². The molecule has 1 unspecified atom stereocenters. The second kappa shape index (κ2) is 34.6. The highest BCUT2D eigenvalue weighted by Gasteiger charge is 2.23. The Morgan fingerprint density at radius 3 is 1.92 bits per heavy atom. The van der Waals surface area contributed by atoms with Crippen LogP contribution in [0.25, 0.3) is 0 Å². The van der Waals surface area contributed by atoms with Gasteiger partial charge in [0.15, 0.2) is 0 Å². The van der Waals surface area contributed by atoms with Gasteiger partial charge in [-0.3, -0.25) is 9.36 Å². The number of quaternary nitrogens is 1. The van der Waals surface area contributed by atoms with Crippen LogP contribution in [0.3, 0.4) is 0 Å². The van der Waals surface area contributed by atoms with Crippen LogP contribution >= 0.6 is 7.82 Å². The summed E-state index contributed by atoms with van der Waals surface area (Å²) in [7, 11) is 1.19. The van der Waals surface area contributed by atoms with E-state index >= 15 is 0 Å². The van der Waals surface area contributed by atoms with Crippen LogP contribution in [-0.4, -0.2) is 79.8 Å². The van der Waals surface area contributed by atoms with Gasteiger partial charge in [0.25, 0.3) is 7.82 Å². The summed E-state index contributed by atoms with van der Waals surface area (Å²) in [6.07, 6.45) is 40.2. The Morgan fingerprint density at radius 2 is 1.28 bits per heavy atom. The number of nitrogens with one attached hydrogen (secondary N) is 1. The van der Waals surface area contributed by atoms with Crippen molar-refractivity contribution >= 4 is 13.7 Å². The van der Waals surface area contributed by atoms with Crippen molar-refractivity contribution in [2.75, 3.05) is 40.9 Å². The van der Waals surface area contributed by atoms with Gasteiger partial charge in [-0.05, 0) is 44.9 Å². The Hall–Kier alpha value is -1.84. The zero-order valence-electron chi connectivity index (χ0n) is 34.3. The van der Waals surface area contributed by atoms with Crippen molar-refractivity contribution in [1.82, 2.24) is 5.32 Å². The van der Waals surface area contributed by atoms with E-state index in [0.29, 0.717) is 17.4 Å².